The number of carbonyl (C=O) groups is 2. The van der Waals surface area contributed by atoms with E-state index >= 15 is 0 Å². The van der Waals surface area contributed by atoms with Crippen LogP contribution in [0, 0.1) is 6.92 Å². The Bertz CT molecular complexity index is 1100. The number of rotatable bonds is 10. The first-order valence-corrected chi connectivity index (χ1v) is 11.0. The number of hydrogen-bond donors (Lipinski definition) is 1. The van der Waals surface area contributed by atoms with Gasteiger partial charge in [0.1, 0.15) is 29.2 Å². The third-order valence-corrected chi connectivity index (χ3v) is 4.95. The summed E-state index contributed by atoms with van der Waals surface area (Å²) < 4.78 is 26.0. The maximum Gasteiger partial charge on any atom is 0.338 e. The van der Waals surface area contributed by atoms with Crippen molar-refractivity contribution in [2.45, 2.75) is 26.9 Å². The highest BCUT2D eigenvalue weighted by Gasteiger charge is 2.15. The van der Waals surface area contributed by atoms with Gasteiger partial charge in [0.15, 0.2) is 0 Å². The molecule has 1 amide bonds. The van der Waals surface area contributed by atoms with Gasteiger partial charge < -0.3 is 18.9 Å². The molecule has 0 saturated carbocycles. The van der Waals surface area contributed by atoms with Crippen molar-refractivity contribution in [3.8, 4) is 17.2 Å². The summed E-state index contributed by atoms with van der Waals surface area (Å²) in [5.41, 5.74) is 0.741. The van der Waals surface area contributed by atoms with Crippen LogP contribution in [0.25, 0.3) is 0 Å². The summed E-state index contributed by atoms with van der Waals surface area (Å²) in [5, 5.41) is 3.12. The van der Waals surface area contributed by atoms with Gasteiger partial charge in [0.25, 0.3) is 5.91 Å². The molecule has 2 aromatic carbocycles. The van der Waals surface area contributed by atoms with Gasteiger partial charge in [-0.1, -0.05) is 0 Å². The van der Waals surface area contributed by atoms with E-state index in [1.807, 2.05) is 6.92 Å². The normalized spacial score (nSPS) is 11.5. The van der Waals surface area contributed by atoms with Crippen molar-refractivity contribution in [3.63, 3.8) is 0 Å². The van der Waals surface area contributed by atoms with E-state index in [1.165, 1.54) is 0 Å². The molecule has 10 heteroatoms. The first-order valence-electron chi connectivity index (χ1n) is 10.2. The van der Waals surface area contributed by atoms with E-state index in [0.29, 0.717) is 52.5 Å². The number of methoxy groups -OCH3 is 1. The van der Waals surface area contributed by atoms with E-state index in [-0.39, 0.29) is 12.0 Å². The number of hydrogen-bond acceptors (Lipinski definition) is 9. The van der Waals surface area contributed by atoms with Crippen LogP contribution in [-0.4, -0.2) is 47.7 Å². The first-order chi connectivity index (χ1) is 15.9. The second-order valence-electron chi connectivity index (χ2n) is 7.02. The number of nitrogens with one attached hydrogen (secondary N) is 1. The van der Waals surface area contributed by atoms with Gasteiger partial charge in [-0.05, 0) is 57.2 Å². The zero-order chi connectivity index (χ0) is 23.8. The Morgan fingerprint density at radius 3 is 2.42 bits per heavy atom. The largest absolute Gasteiger partial charge is 0.488 e. The van der Waals surface area contributed by atoms with Crippen LogP contribution >= 0.6 is 11.5 Å². The third kappa shape index (κ3) is 6.99. The Morgan fingerprint density at radius 1 is 1.06 bits per heavy atom. The highest BCUT2D eigenvalue weighted by molar-refractivity contribution is 7.09. The molecule has 3 aromatic rings. The SMILES string of the molecule is CCOC(=O)c1ccc(Oc2cc(O[C@@H](C)COC)cc(C(=O)Nc3nc(C)ns3)c2)cc1. The fraction of sp³-hybridized carbons (Fsp3) is 0.304. The third-order valence-electron chi connectivity index (χ3n) is 4.23. The van der Waals surface area contributed by atoms with Crippen LogP contribution < -0.4 is 14.8 Å². The lowest BCUT2D eigenvalue weighted by atomic mass is 10.2. The number of benzene rings is 2. The molecule has 0 unspecified atom stereocenters. The molecule has 0 aliphatic heterocycles. The molecule has 1 aromatic heterocycles. The molecule has 174 valence electrons. The van der Waals surface area contributed by atoms with Crippen molar-refractivity contribution in [3.05, 3.63) is 59.4 Å². The number of aryl methyl sites for hydroxylation is 1. The Balaban J connectivity index is 1.83. The molecule has 0 bridgehead atoms. The predicted octanol–water partition coefficient (Wildman–Crippen LogP) is 4.48. The molecule has 0 aliphatic carbocycles. The molecule has 0 aliphatic rings. The van der Waals surface area contributed by atoms with Gasteiger partial charge in [-0.15, -0.1) is 0 Å². The minimum Gasteiger partial charge on any atom is -0.488 e. The maximum absolute atomic E-state index is 12.8. The van der Waals surface area contributed by atoms with E-state index in [9.17, 15) is 9.59 Å². The molecule has 3 rings (SSSR count). The average molecular weight is 472 g/mol. The standard InChI is InChI=1S/C23H25N3O6S/c1-5-30-22(28)16-6-8-18(9-7-16)32-20-11-17(10-19(12-20)31-14(2)13-29-4)21(27)25-23-24-15(3)26-33-23/h6-12,14H,5,13H2,1-4H3,(H,24,25,26,27)/t14-/m0/s1. The summed E-state index contributed by atoms with van der Waals surface area (Å²) in [6, 6.07) is 11.4. The van der Waals surface area contributed by atoms with Crippen LogP contribution in [0.2, 0.25) is 0 Å². The number of carbonyl (C=O) groups excluding carboxylic acids is 2. The number of aromatic nitrogens is 2. The van der Waals surface area contributed by atoms with E-state index in [4.69, 9.17) is 18.9 Å². The summed E-state index contributed by atoms with van der Waals surface area (Å²) in [6.07, 6.45) is -0.240. The highest BCUT2D eigenvalue weighted by Crippen LogP contribution is 2.29. The van der Waals surface area contributed by atoms with Gasteiger partial charge in [0.05, 0.1) is 18.8 Å². The van der Waals surface area contributed by atoms with Crippen LogP contribution in [0.5, 0.6) is 17.2 Å². The van der Waals surface area contributed by atoms with Crippen LogP contribution in [0.1, 0.15) is 40.4 Å². The molecule has 0 saturated heterocycles. The lowest BCUT2D eigenvalue weighted by Gasteiger charge is -2.16. The molecule has 9 nitrogen and oxygen atoms in total. The lowest BCUT2D eigenvalue weighted by molar-refractivity contribution is 0.0526. The second kappa shape index (κ2) is 11.4. The van der Waals surface area contributed by atoms with Crippen molar-refractivity contribution in [1.29, 1.82) is 0 Å². The summed E-state index contributed by atoms with van der Waals surface area (Å²) in [7, 11) is 1.59. The van der Waals surface area contributed by atoms with Crippen molar-refractivity contribution in [2.75, 3.05) is 25.6 Å². The smallest absolute Gasteiger partial charge is 0.338 e. The molecule has 1 heterocycles. The lowest BCUT2D eigenvalue weighted by Crippen LogP contribution is -2.18. The van der Waals surface area contributed by atoms with E-state index < -0.39 is 5.97 Å². The van der Waals surface area contributed by atoms with Crippen molar-refractivity contribution >= 4 is 28.5 Å². The van der Waals surface area contributed by atoms with Gasteiger partial charge in [0.2, 0.25) is 5.13 Å². The monoisotopic (exact) mass is 471 g/mol. The number of ether oxygens (including phenoxy) is 4. The van der Waals surface area contributed by atoms with Crippen LogP contribution in [-0.2, 0) is 9.47 Å². The molecule has 33 heavy (non-hydrogen) atoms. The van der Waals surface area contributed by atoms with E-state index in [2.05, 4.69) is 14.7 Å². The summed E-state index contributed by atoms with van der Waals surface area (Å²) in [4.78, 5) is 28.8. The van der Waals surface area contributed by atoms with E-state index in [1.54, 1.807) is 63.4 Å². The Labute approximate surface area is 195 Å². The zero-order valence-corrected chi connectivity index (χ0v) is 19.6. The van der Waals surface area contributed by atoms with Gasteiger partial charge in [-0.2, -0.15) is 4.37 Å². The summed E-state index contributed by atoms with van der Waals surface area (Å²) in [6.45, 7) is 6.03. The molecule has 0 fully saturated rings. The summed E-state index contributed by atoms with van der Waals surface area (Å²) in [5.74, 6) is 1.11. The van der Waals surface area contributed by atoms with Crippen LogP contribution in [0.3, 0.4) is 0 Å². The minimum atomic E-state index is -0.405. The first kappa shape index (κ1) is 24.1. The van der Waals surface area contributed by atoms with Gasteiger partial charge in [-0.3, -0.25) is 10.1 Å². The van der Waals surface area contributed by atoms with Crippen molar-refractivity contribution < 1.29 is 28.5 Å². The quantitative estimate of drug-likeness (QED) is 0.431. The topological polar surface area (TPSA) is 109 Å². The molecular weight excluding hydrogens is 446 g/mol. The van der Waals surface area contributed by atoms with Crippen LogP contribution in [0.15, 0.2) is 42.5 Å². The Morgan fingerprint density at radius 2 is 1.79 bits per heavy atom. The maximum atomic E-state index is 12.8. The summed E-state index contributed by atoms with van der Waals surface area (Å²) >= 11 is 1.10. The zero-order valence-electron chi connectivity index (χ0n) is 18.8. The Hall–Kier alpha value is -3.50. The van der Waals surface area contributed by atoms with Crippen LogP contribution in [0.4, 0.5) is 5.13 Å². The van der Waals surface area contributed by atoms with Gasteiger partial charge in [0, 0.05) is 30.3 Å². The molecular formula is C23H25N3O6S. The van der Waals surface area contributed by atoms with Gasteiger partial charge in [-0.25, -0.2) is 9.78 Å². The number of amides is 1. The molecule has 0 spiro atoms. The van der Waals surface area contributed by atoms with Crippen molar-refractivity contribution in [1.82, 2.24) is 9.36 Å². The number of anilines is 1. The average Bonchev–Trinajstić information content (AvgIpc) is 3.18. The van der Waals surface area contributed by atoms with E-state index in [0.717, 1.165) is 11.5 Å². The number of nitrogens with zero attached hydrogens (tertiary/aromatic N) is 2. The fourth-order valence-corrected chi connectivity index (χ4v) is 3.43. The number of esters is 1. The molecule has 1 N–H and O–H groups in total. The van der Waals surface area contributed by atoms with Crippen molar-refractivity contribution in [2.24, 2.45) is 0 Å². The molecule has 1 atom stereocenters. The predicted molar refractivity (Wildman–Crippen MR) is 123 cm³/mol. The Kier molecular flexibility index (Phi) is 8.34. The minimum absolute atomic E-state index is 0.240. The fourth-order valence-electron chi connectivity index (χ4n) is 2.86. The van der Waals surface area contributed by atoms with Gasteiger partial charge >= 0.3 is 5.97 Å². The second-order valence-corrected chi connectivity index (χ2v) is 7.78. The highest BCUT2D eigenvalue weighted by atomic mass is 32.1. The molecule has 0 radical (unpaired) electrons.